The Morgan fingerprint density at radius 2 is 2.27 bits per heavy atom. The molecule has 2 saturated heterocycles. The SMILES string of the molecule is NN1CCCN(CCC2CCCO2)C1=O. The molecule has 0 aliphatic carbocycles. The fourth-order valence-electron chi connectivity index (χ4n) is 2.18. The van der Waals surface area contributed by atoms with Crippen LogP contribution in [0.2, 0.25) is 0 Å². The lowest BCUT2D eigenvalue weighted by molar-refractivity contribution is 0.0846. The molecule has 2 aliphatic heterocycles. The Kier molecular flexibility index (Phi) is 3.43. The number of hydrogen-bond donors (Lipinski definition) is 1. The van der Waals surface area contributed by atoms with Gasteiger partial charge in [-0.2, -0.15) is 0 Å². The van der Waals surface area contributed by atoms with Crippen LogP contribution in [-0.2, 0) is 4.74 Å². The largest absolute Gasteiger partial charge is 0.378 e. The topological polar surface area (TPSA) is 58.8 Å². The van der Waals surface area contributed by atoms with E-state index in [1.54, 1.807) is 0 Å². The summed E-state index contributed by atoms with van der Waals surface area (Å²) in [6.45, 7) is 3.16. The monoisotopic (exact) mass is 213 g/mol. The summed E-state index contributed by atoms with van der Waals surface area (Å²) in [7, 11) is 0. The summed E-state index contributed by atoms with van der Waals surface area (Å²) in [5, 5.41) is 1.30. The van der Waals surface area contributed by atoms with E-state index in [1.807, 2.05) is 4.90 Å². The van der Waals surface area contributed by atoms with Gasteiger partial charge in [-0.25, -0.2) is 10.6 Å². The number of nitrogens with zero attached hydrogens (tertiary/aromatic N) is 2. The molecule has 0 aromatic carbocycles. The molecule has 2 aliphatic rings. The van der Waals surface area contributed by atoms with Crippen LogP contribution in [0.4, 0.5) is 4.79 Å². The summed E-state index contributed by atoms with van der Waals surface area (Å²) in [5.74, 6) is 5.56. The number of carbonyl (C=O) groups excluding carboxylic acids is 1. The molecule has 5 nitrogen and oxygen atoms in total. The van der Waals surface area contributed by atoms with Crippen LogP contribution in [0.25, 0.3) is 0 Å². The zero-order valence-corrected chi connectivity index (χ0v) is 9.02. The number of nitrogens with two attached hydrogens (primary N) is 1. The van der Waals surface area contributed by atoms with Crippen molar-refractivity contribution in [3.8, 4) is 0 Å². The van der Waals surface area contributed by atoms with Gasteiger partial charge in [0.15, 0.2) is 0 Å². The van der Waals surface area contributed by atoms with Gasteiger partial charge in [-0.15, -0.1) is 0 Å². The second kappa shape index (κ2) is 4.81. The van der Waals surface area contributed by atoms with Crippen molar-refractivity contribution in [2.24, 2.45) is 5.84 Å². The van der Waals surface area contributed by atoms with Gasteiger partial charge in [0.25, 0.3) is 0 Å². The van der Waals surface area contributed by atoms with Crippen LogP contribution in [0, 0.1) is 0 Å². The highest BCUT2D eigenvalue weighted by Crippen LogP contribution is 2.16. The van der Waals surface area contributed by atoms with E-state index in [4.69, 9.17) is 10.6 Å². The molecule has 2 amide bonds. The van der Waals surface area contributed by atoms with E-state index in [2.05, 4.69) is 0 Å². The lowest BCUT2D eigenvalue weighted by Crippen LogP contribution is -2.52. The maximum Gasteiger partial charge on any atom is 0.334 e. The average Bonchev–Trinajstić information content (AvgIpc) is 2.73. The fourth-order valence-corrected chi connectivity index (χ4v) is 2.18. The number of rotatable bonds is 3. The minimum atomic E-state index is -0.0424. The van der Waals surface area contributed by atoms with Crippen molar-refractivity contribution in [2.75, 3.05) is 26.2 Å². The summed E-state index contributed by atoms with van der Waals surface area (Å²) in [6, 6.07) is -0.0424. The minimum Gasteiger partial charge on any atom is -0.378 e. The predicted molar refractivity (Wildman–Crippen MR) is 56.1 cm³/mol. The van der Waals surface area contributed by atoms with Crippen LogP contribution in [0.5, 0.6) is 0 Å². The number of amides is 2. The van der Waals surface area contributed by atoms with Gasteiger partial charge in [0.2, 0.25) is 0 Å². The van der Waals surface area contributed by atoms with Gasteiger partial charge in [-0.3, -0.25) is 5.01 Å². The van der Waals surface area contributed by atoms with Crippen LogP contribution in [-0.4, -0.2) is 48.3 Å². The van der Waals surface area contributed by atoms with Crippen molar-refractivity contribution >= 4 is 6.03 Å². The number of carbonyl (C=O) groups is 1. The first-order chi connectivity index (χ1) is 7.27. The van der Waals surface area contributed by atoms with Gasteiger partial charge >= 0.3 is 6.03 Å². The highest BCUT2D eigenvalue weighted by Gasteiger charge is 2.24. The summed E-state index contributed by atoms with van der Waals surface area (Å²) < 4.78 is 5.52. The van der Waals surface area contributed by atoms with E-state index in [0.717, 1.165) is 45.4 Å². The molecule has 5 heteroatoms. The van der Waals surface area contributed by atoms with E-state index in [0.29, 0.717) is 12.6 Å². The molecular formula is C10H19N3O2. The third-order valence-corrected chi connectivity index (χ3v) is 3.09. The maximum atomic E-state index is 11.6. The van der Waals surface area contributed by atoms with Crippen molar-refractivity contribution < 1.29 is 9.53 Å². The van der Waals surface area contributed by atoms with Gasteiger partial charge in [-0.1, -0.05) is 0 Å². The van der Waals surface area contributed by atoms with E-state index in [-0.39, 0.29) is 6.03 Å². The Morgan fingerprint density at radius 3 is 3.00 bits per heavy atom. The summed E-state index contributed by atoms with van der Waals surface area (Å²) in [6.07, 6.45) is 4.55. The molecule has 0 spiro atoms. The number of hydrazine groups is 1. The number of ether oxygens (including phenoxy) is 1. The molecule has 1 atom stereocenters. The Hall–Kier alpha value is -0.810. The van der Waals surface area contributed by atoms with E-state index < -0.39 is 0 Å². The first kappa shape index (κ1) is 10.7. The maximum absolute atomic E-state index is 11.6. The molecule has 2 heterocycles. The van der Waals surface area contributed by atoms with Crippen LogP contribution in [0.3, 0.4) is 0 Å². The molecule has 15 heavy (non-hydrogen) atoms. The summed E-state index contributed by atoms with van der Waals surface area (Å²) in [4.78, 5) is 13.4. The van der Waals surface area contributed by atoms with Gasteiger partial charge in [-0.05, 0) is 25.7 Å². The molecule has 2 fully saturated rings. The van der Waals surface area contributed by atoms with E-state index in [9.17, 15) is 4.79 Å². The Balaban J connectivity index is 1.75. The van der Waals surface area contributed by atoms with Crippen molar-refractivity contribution in [3.63, 3.8) is 0 Å². The molecule has 0 bridgehead atoms. The molecule has 86 valence electrons. The molecule has 0 aromatic rings. The third kappa shape index (κ3) is 2.60. The highest BCUT2D eigenvalue weighted by molar-refractivity contribution is 5.74. The molecule has 0 aromatic heterocycles. The molecule has 0 radical (unpaired) electrons. The predicted octanol–water partition coefficient (Wildman–Crippen LogP) is 0.557. The van der Waals surface area contributed by atoms with Gasteiger partial charge in [0, 0.05) is 26.2 Å². The lowest BCUT2D eigenvalue weighted by Gasteiger charge is -2.33. The number of urea groups is 1. The smallest absolute Gasteiger partial charge is 0.334 e. The first-order valence-electron chi connectivity index (χ1n) is 5.70. The quantitative estimate of drug-likeness (QED) is 0.550. The van der Waals surface area contributed by atoms with E-state index >= 15 is 0 Å². The Morgan fingerprint density at radius 1 is 1.40 bits per heavy atom. The third-order valence-electron chi connectivity index (χ3n) is 3.09. The van der Waals surface area contributed by atoms with Crippen LogP contribution in [0.1, 0.15) is 25.7 Å². The van der Waals surface area contributed by atoms with Gasteiger partial charge < -0.3 is 9.64 Å². The summed E-state index contributed by atoms with van der Waals surface area (Å²) >= 11 is 0. The van der Waals surface area contributed by atoms with Crippen LogP contribution in [0.15, 0.2) is 0 Å². The molecule has 0 saturated carbocycles. The standard InChI is InChI=1S/C10H19N3O2/c11-13-6-2-5-12(10(13)14)7-4-9-3-1-8-15-9/h9H,1-8,11H2. The molecule has 1 unspecified atom stereocenters. The lowest BCUT2D eigenvalue weighted by atomic mass is 10.1. The van der Waals surface area contributed by atoms with E-state index in [1.165, 1.54) is 5.01 Å². The number of hydrogen-bond acceptors (Lipinski definition) is 3. The fraction of sp³-hybridized carbons (Fsp3) is 0.900. The van der Waals surface area contributed by atoms with Crippen molar-refractivity contribution in [1.82, 2.24) is 9.91 Å². The Bertz CT molecular complexity index is 229. The zero-order valence-electron chi connectivity index (χ0n) is 9.02. The second-order valence-electron chi connectivity index (χ2n) is 4.24. The molecule has 2 rings (SSSR count). The highest BCUT2D eigenvalue weighted by atomic mass is 16.5. The summed E-state index contributed by atoms with van der Waals surface area (Å²) in [5.41, 5.74) is 0. The molecule has 2 N–H and O–H groups in total. The van der Waals surface area contributed by atoms with Gasteiger partial charge in [0.05, 0.1) is 6.10 Å². The molecular weight excluding hydrogens is 194 g/mol. The van der Waals surface area contributed by atoms with Gasteiger partial charge in [0.1, 0.15) is 0 Å². The van der Waals surface area contributed by atoms with Crippen LogP contribution >= 0.6 is 0 Å². The zero-order chi connectivity index (χ0) is 10.7. The van der Waals surface area contributed by atoms with Crippen molar-refractivity contribution in [3.05, 3.63) is 0 Å². The minimum absolute atomic E-state index is 0.0424. The van der Waals surface area contributed by atoms with Crippen molar-refractivity contribution in [2.45, 2.75) is 31.8 Å². The average molecular weight is 213 g/mol. The Labute approximate surface area is 90.1 Å². The normalized spacial score (nSPS) is 27.5. The van der Waals surface area contributed by atoms with Crippen LogP contribution < -0.4 is 5.84 Å². The first-order valence-corrected chi connectivity index (χ1v) is 5.70. The second-order valence-corrected chi connectivity index (χ2v) is 4.24. The van der Waals surface area contributed by atoms with Crippen molar-refractivity contribution in [1.29, 1.82) is 0 Å².